The average molecular weight is 439 g/mol. The fourth-order valence-electron chi connectivity index (χ4n) is 3.91. The van der Waals surface area contributed by atoms with Gasteiger partial charge in [0.2, 0.25) is 5.82 Å². The lowest BCUT2D eigenvalue weighted by molar-refractivity contribution is -0.645. The maximum Gasteiger partial charge on any atom is 0.347 e. The maximum absolute atomic E-state index is 12.1. The second-order valence-corrected chi connectivity index (χ2v) is 8.13. The number of carbonyl (C=O) groups excluding carboxylic acids is 1. The zero-order valence-electron chi connectivity index (χ0n) is 18.8. The van der Waals surface area contributed by atoms with Crippen LogP contribution in [0.2, 0.25) is 0 Å². The number of aryl methyl sites for hydroxylation is 2. The number of primary amides is 1. The molecule has 1 saturated carbocycles. The number of nitrogens with two attached hydrogens (primary N) is 2. The summed E-state index contributed by atoms with van der Waals surface area (Å²) in [6, 6.07) is 4.10. The number of amides is 1. The van der Waals surface area contributed by atoms with Gasteiger partial charge in [0, 0.05) is 12.3 Å². The molecular formula is C22H32N9O+. The lowest BCUT2D eigenvalue weighted by Gasteiger charge is -2.27. The quantitative estimate of drug-likeness (QED) is 0.210. The van der Waals surface area contributed by atoms with Gasteiger partial charge in [0.15, 0.2) is 0 Å². The van der Waals surface area contributed by atoms with Gasteiger partial charge >= 0.3 is 5.95 Å². The number of hydrogen-bond acceptors (Lipinski definition) is 8. The zero-order chi connectivity index (χ0) is 23.3. The standard InChI is InChI=1S/C22H31N9O/c1-13-10-14(2)19(30-27-9-8-23)11-18(13)28-21-15(20(25)32)12-26-22(31(21)3)29-17-7-5-4-6-16(17)24/h8-12,16-17H,4-7,24H2,1-3H3,(H5,23,25,26,28,29,30,32)/p+1/t16-,17+/m0/s1. The monoisotopic (exact) mass is 438 g/mol. The van der Waals surface area contributed by atoms with E-state index < -0.39 is 5.91 Å². The van der Waals surface area contributed by atoms with E-state index >= 15 is 0 Å². The van der Waals surface area contributed by atoms with Crippen LogP contribution in [0, 0.1) is 19.3 Å². The third-order valence-electron chi connectivity index (χ3n) is 5.78. The molecule has 2 atom stereocenters. The molecule has 0 aliphatic heterocycles. The van der Waals surface area contributed by atoms with Crippen molar-refractivity contribution in [2.75, 3.05) is 16.1 Å². The summed E-state index contributed by atoms with van der Waals surface area (Å²) in [5, 5.41) is 17.9. The van der Waals surface area contributed by atoms with E-state index in [0.29, 0.717) is 11.8 Å². The van der Waals surface area contributed by atoms with Crippen molar-refractivity contribution in [3.05, 3.63) is 35.0 Å². The van der Waals surface area contributed by atoms with Gasteiger partial charge < -0.3 is 16.9 Å². The van der Waals surface area contributed by atoms with E-state index in [0.717, 1.165) is 54.4 Å². The Morgan fingerprint density at radius 2 is 1.97 bits per heavy atom. The van der Waals surface area contributed by atoms with Gasteiger partial charge in [-0.25, -0.2) is 4.57 Å². The Morgan fingerprint density at radius 3 is 2.66 bits per heavy atom. The number of carbonyl (C=O) groups is 1. The summed E-state index contributed by atoms with van der Waals surface area (Å²) >= 11 is 0. The normalized spacial score (nSPS) is 18.4. The van der Waals surface area contributed by atoms with Crippen molar-refractivity contribution in [2.24, 2.45) is 23.6 Å². The number of benzene rings is 1. The van der Waals surface area contributed by atoms with E-state index in [-0.39, 0.29) is 17.6 Å². The van der Waals surface area contributed by atoms with Crippen LogP contribution in [0.25, 0.3) is 0 Å². The first-order valence-corrected chi connectivity index (χ1v) is 10.7. The molecule has 8 N–H and O–H groups in total. The number of hydrogen-bond donors (Lipinski definition) is 6. The Morgan fingerprint density at radius 1 is 1.25 bits per heavy atom. The summed E-state index contributed by atoms with van der Waals surface area (Å²) in [6.07, 6.45) is 8.15. The molecule has 2 aromatic rings. The molecule has 1 aliphatic rings. The molecule has 1 aromatic carbocycles. The molecule has 170 valence electrons. The molecular weight excluding hydrogens is 406 g/mol. The Balaban J connectivity index is 1.97. The number of nitrogens with one attached hydrogen (secondary N) is 4. The third kappa shape index (κ3) is 5.20. The van der Waals surface area contributed by atoms with Gasteiger partial charge in [0.25, 0.3) is 5.91 Å². The highest BCUT2D eigenvalue weighted by Crippen LogP contribution is 2.28. The van der Waals surface area contributed by atoms with Crippen molar-refractivity contribution in [1.29, 1.82) is 5.41 Å². The Labute approximate surface area is 188 Å². The van der Waals surface area contributed by atoms with Crippen LogP contribution in [0.15, 0.2) is 23.4 Å². The lowest BCUT2D eigenvalue weighted by atomic mass is 9.91. The van der Waals surface area contributed by atoms with E-state index in [9.17, 15) is 4.79 Å². The summed E-state index contributed by atoms with van der Waals surface area (Å²) in [6.45, 7) is 3.95. The maximum atomic E-state index is 12.1. The minimum absolute atomic E-state index is 0.0623. The summed E-state index contributed by atoms with van der Waals surface area (Å²) in [5.74, 6) is 0.564. The van der Waals surface area contributed by atoms with Crippen LogP contribution in [0.4, 0.5) is 23.1 Å². The van der Waals surface area contributed by atoms with Crippen molar-refractivity contribution < 1.29 is 9.36 Å². The van der Waals surface area contributed by atoms with Gasteiger partial charge in [-0.15, -0.1) is 4.98 Å². The second kappa shape index (κ2) is 10.2. The molecule has 1 fully saturated rings. The Bertz CT molecular complexity index is 1030. The highest BCUT2D eigenvalue weighted by molar-refractivity contribution is 6.14. The van der Waals surface area contributed by atoms with Crippen LogP contribution in [0.5, 0.6) is 0 Å². The predicted molar refractivity (Wildman–Crippen MR) is 128 cm³/mol. The summed E-state index contributed by atoms with van der Waals surface area (Å²) in [4.78, 5) is 16.6. The number of nitrogens with zero attached hydrogens (tertiary/aromatic N) is 3. The fourth-order valence-corrected chi connectivity index (χ4v) is 3.91. The number of anilines is 4. The highest BCUT2D eigenvalue weighted by atomic mass is 16.1. The van der Waals surface area contributed by atoms with Crippen LogP contribution >= 0.6 is 0 Å². The molecule has 32 heavy (non-hydrogen) atoms. The van der Waals surface area contributed by atoms with Crippen molar-refractivity contribution in [3.8, 4) is 0 Å². The van der Waals surface area contributed by atoms with Crippen molar-refractivity contribution in [2.45, 2.75) is 51.6 Å². The molecule has 10 heteroatoms. The molecule has 1 aliphatic carbocycles. The number of hydrazone groups is 1. The van der Waals surface area contributed by atoms with Crippen LogP contribution < -0.4 is 32.1 Å². The first-order valence-electron chi connectivity index (χ1n) is 10.7. The molecule has 10 nitrogen and oxygen atoms in total. The first-order chi connectivity index (χ1) is 15.3. The lowest BCUT2D eigenvalue weighted by Crippen LogP contribution is -2.47. The van der Waals surface area contributed by atoms with Crippen LogP contribution in [0.1, 0.15) is 47.2 Å². The average Bonchev–Trinajstić information content (AvgIpc) is 2.75. The van der Waals surface area contributed by atoms with Crippen LogP contribution in [0.3, 0.4) is 0 Å². The Hall–Kier alpha value is -3.53. The molecule has 1 amide bonds. The largest absolute Gasteiger partial charge is 0.365 e. The smallest absolute Gasteiger partial charge is 0.347 e. The van der Waals surface area contributed by atoms with E-state index in [1.165, 1.54) is 12.4 Å². The minimum Gasteiger partial charge on any atom is -0.365 e. The van der Waals surface area contributed by atoms with E-state index in [1.54, 1.807) is 4.57 Å². The topological polar surface area (TPSA) is 158 Å². The van der Waals surface area contributed by atoms with E-state index in [4.69, 9.17) is 16.9 Å². The fraction of sp³-hybridized carbons (Fsp3) is 0.409. The molecule has 3 rings (SSSR count). The summed E-state index contributed by atoms with van der Waals surface area (Å²) < 4.78 is 1.79. The minimum atomic E-state index is -0.574. The van der Waals surface area contributed by atoms with Gasteiger partial charge in [-0.1, -0.05) is 18.9 Å². The molecule has 0 spiro atoms. The van der Waals surface area contributed by atoms with E-state index in [2.05, 4.69) is 26.1 Å². The third-order valence-corrected chi connectivity index (χ3v) is 5.78. The first kappa shape index (κ1) is 23.1. The number of aromatic nitrogens is 2. The summed E-state index contributed by atoms with van der Waals surface area (Å²) in [7, 11) is 1.83. The summed E-state index contributed by atoms with van der Waals surface area (Å²) in [5.41, 5.74) is 18.7. The highest BCUT2D eigenvalue weighted by Gasteiger charge is 2.28. The SMILES string of the molecule is Cc1cc(C)c(Nc2c(C(N)=O)cnc(N[C@@H]3CCCC[C@@H]3N)[n+]2C)cc1N/N=C\C=N. The van der Waals surface area contributed by atoms with Crippen molar-refractivity contribution in [1.82, 2.24) is 4.98 Å². The van der Waals surface area contributed by atoms with E-state index in [1.807, 2.05) is 33.0 Å². The van der Waals surface area contributed by atoms with Gasteiger partial charge in [0.05, 0.1) is 30.7 Å². The van der Waals surface area contributed by atoms with Gasteiger partial charge in [-0.3, -0.25) is 20.9 Å². The van der Waals surface area contributed by atoms with Crippen molar-refractivity contribution in [3.63, 3.8) is 0 Å². The van der Waals surface area contributed by atoms with Crippen LogP contribution in [-0.4, -0.2) is 35.4 Å². The van der Waals surface area contributed by atoms with Gasteiger partial charge in [-0.2, -0.15) is 5.10 Å². The van der Waals surface area contributed by atoms with Crippen LogP contribution in [-0.2, 0) is 7.05 Å². The Kier molecular flexibility index (Phi) is 7.37. The molecule has 1 heterocycles. The molecule has 0 bridgehead atoms. The molecule has 0 saturated heterocycles. The molecule has 1 aromatic heterocycles. The predicted octanol–water partition coefficient (Wildman–Crippen LogP) is 2.09. The molecule has 0 radical (unpaired) electrons. The second-order valence-electron chi connectivity index (χ2n) is 8.13. The van der Waals surface area contributed by atoms with Gasteiger partial charge in [0.1, 0.15) is 11.8 Å². The number of rotatable bonds is 8. The van der Waals surface area contributed by atoms with Crippen molar-refractivity contribution >= 4 is 41.5 Å². The van der Waals surface area contributed by atoms with Gasteiger partial charge in [-0.05, 0) is 43.9 Å². The molecule has 0 unspecified atom stereocenters. The zero-order valence-corrected chi connectivity index (χ0v) is 18.8.